The number of aromatic nitrogens is 3. The summed E-state index contributed by atoms with van der Waals surface area (Å²) >= 11 is 0. The molecule has 0 aliphatic rings. The van der Waals surface area contributed by atoms with Gasteiger partial charge in [0, 0.05) is 29.7 Å². The minimum atomic E-state index is -0.705. The molecule has 9 nitrogen and oxygen atoms in total. The maximum Gasteiger partial charge on any atom is 0.321 e. The van der Waals surface area contributed by atoms with Crippen molar-refractivity contribution < 1.29 is 19.1 Å². The third-order valence-corrected chi connectivity index (χ3v) is 4.62. The Kier molecular flexibility index (Phi) is 6.41. The molecule has 9 heteroatoms. The van der Waals surface area contributed by atoms with Crippen LogP contribution < -0.4 is 10.6 Å². The van der Waals surface area contributed by atoms with Gasteiger partial charge in [0.1, 0.15) is 0 Å². The van der Waals surface area contributed by atoms with E-state index in [4.69, 9.17) is 4.74 Å². The number of carbonyl (C=O) groups excluding carboxylic acids is 3. The summed E-state index contributed by atoms with van der Waals surface area (Å²) in [6, 6.07) is 7.10. The van der Waals surface area contributed by atoms with Crippen LogP contribution in [-0.2, 0) is 20.7 Å². The lowest BCUT2D eigenvalue weighted by atomic mass is 10.1. The molecule has 0 radical (unpaired) electrons. The number of hydrogen-bond acceptors (Lipinski definition) is 6. The van der Waals surface area contributed by atoms with Crippen molar-refractivity contribution in [3.05, 3.63) is 53.9 Å². The van der Waals surface area contributed by atoms with Crippen LogP contribution in [0.3, 0.4) is 0 Å². The summed E-state index contributed by atoms with van der Waals surface area (Å²) in [7, 11) is 0. The summed E-state index contributed by atoms with van der Waals surface area (Å²) in [5.41, 5.74) is 4.25. The van der Waals surface area contributed by atoms with Gasteiger partial charge in [-0.05, 0) is 38.0 Å². The van der Waals surface area contributed by atoms with E-state index in [1.54, 1.807) is 4.52 Å². The Hall–Kier alpha value is -3.75. The average Bonchev–Trinajstić information content (AvgIpc) is 3.09. The average molecular weight is 409 g/mol. The van der Waals surface area contributed by atoms with E-state index in [9.17, 15) is 14.4 Å². The smallest absolute Gasteiger partial charge is 0.321 e. The molecule has 156 valence electrons. The molecule has 2 aromatic heterocycles. The Morgan fingerprint density at radius 2 is 2.00 bits per heavy atom. The van der Waals surface area contributed by atoms with Crippen molar-refractivity contribution in [3.63, 3.8) is 0 Å². The lowest BCUT2D eigenvalue weighted by molar-refractivity contribution is -0.148. The largest absolute Gasteiger partial charge is 0.456 e. The van der Waals surface area contributed by atoms with E-state index >= 15 is 0 Å². The third-order valence-electron chi connectivity index (χ3n) is 4.62. The van der Waals surface area contributed by atoms with Crippen LogP contribution >= 0.6 is 0 Å². The number of amides is 3. The van der Waals surface area contributed by atoms with E-state index in [0.717, 1.165) is 33.5 Å². The van der Waals surface area contributed by atoms with Gasteiger partial charge in [-0.3, -0.25) is 14.9 Å². The highest BCUT2D eigenvalue weighted by Crippen LogP contribution is 2.22. The number of urea groups is 1. The van der Waals surface area contributed by atoms with Crippen LogP contribution in [0.1, 0.15) is 23.4 Å². The molecule has 3 rings (SSSR count). The van der Waals surface area contributed by atoms with E-state index in [2.05, 4.69) is 27.3 Å². The first-order valence-electron chi connectivity index (χ1n) is 9.48. The quantitative estimate of drug-likeness (QED) is 0.456. The number of imide groups is 1. The molecule has 0 atom stereocenters. The second-order valence-electron chi connectivity index (χ2n) is 6.72. The van der Waals surface area contributed by atoms with Crippen LogP contribution in [-0.4, -0.2) is 45.7 Å². The van der Waals surface area contributed by atoms with Crippen molar-refractivity contribution in [1.82, 2.24) is 25.2 Å². The molecule has 3 aromatic rings. The fraction of sp³-hybridized carbons (Fsp3) is 0.286. The normalized spacial score (nSPS) is 10.7. The fourth-order valence-corrected chi connectivity index (χ4v) is 3.16. The van der Waals surface area contributed by atoms with Gasteiger partial charge in [-0.2, -0.15) is 5.10 Å². The molecule has 0 aliphatic heterocycles. The lowest BCUT2D eigenvalue weighted by Gasteiger charge is -2.11. The van der Waals surface area contributed by atoms with Gasteiger partial charge in [0.2, 0.25) is 0 Å². The van der Waals surface area contributed by atoms with E-state index in [1.165, 1.54) is 6.08 Å². The van der Waals surface area contributed by atoms with Crippen molar-refractivity contribution >= 4 is 34.5 Å². The Balaban J connectivity index is 1.61. The van der Waals surface area contributed by atoms with Crippen molar-refractivity contribution in [2.24, 2.45) is 0 Å². The van der Waals surface area contributed by atoms with Crippen LogP contribution in [0.5, 0.6) is 0 Å². The molecule has 3 amide bonds. The lowest BCUT2D eigenvalue weighted by Crippen LogP contribution is -2.41. The predicted octanol–water partition coefficient (Wildman–Crippen LogP) is 1.99. The second kappa shape index (κ2) is 9.17. The number of aryl methyl sites for hydroxylation is 2. The zero-order chi connectivity index (χ0) is 21.7. The number of hydrogen-bond donors (Lipinski definition) is 2. The highest BCUT2D eigenvalue weighted by atomic mass is 16.5. The number of rotatable bonds is 7. The summed E-state index contributed by atoms with van der Waals surface area (Å²) in [6.07, 6.45) is 1.95. The van der Waals surface area contributed by atoms with Crippen LogP contribution in [0.25, 0.3) is 16.6 Å². The van der Waals surface area contributed by atoms with Gasteiger partial charge in [0.15, 0.2) is 12.3 Å². The molecule has 2 N–H and O–H groups in total. The first-order valence-corrected chi connectivity index (χ1v) is 9.48. The molecule has 0 fully saturated rings. The van der Waals surface area contributed by atoms with Gasteiger partial charge in [0.25, 0.3) is 5.91 Å². The zero-order valence-corrected chi connectivity index (χ0v) is 16.9. The van der Waals surface area contributed by atoms with Gasteiger partial charge in [0.05, 0.1) is 5.52 Å². The summed E-state index contributed by atoms with van der Waals surface area (Å²) < 4.78 is 6.74. The SMILES string of the molecule is C=CCNC(=O)NC(=O)COC(=O)CCc1c(C)nc2c3ccccc3nn2c1C. The summed E-state index contributed by atoms with van der Waals surface area (Å²) in [4.78, 5) is 39.7. The molecule has 2 heterocycles. The molecule has 0 saturated heterocycles. The number of nitrogens with zero attached hydrogens (tertiary/aromatic N) is 3. The summed E-state index contributed by atoms with van der Waals surface area (Å²) in [6.45, 7) is 6.97. The van der Waals surface area contributed by atoms with Gasteiger partial charge < -0.3 is 10.1 Å². The topological polar surface area (TPSA) is 115 Å². The number of nitrogens with one attached hydrogen (secondary N) is 2. The maximum absolute atomic E-state index is 12.0. The zero-order valence-electron chi connectivity index (χ0n) is 16.9. The molecular formula is C21H23N5O4. The minimum Gasteiger partial charge on any atom is -0.456 e. The van der Waals surface area contributed by atoms with Crippen molar-refractivity contribution in [3.8, 4) is 0 Å². The number of fused-ring (bicyclic) bond motifs is 3. The molecule has 0 bridgehead atoms. The number of ether oxygens (including phenoxy) is 1. The van der Waals surface area contributed by atoms with E-state index in [0.29, 0.717) is 6.42 Å². The van der Waals surface area contributed by atoms with Crippen LogP contribution in [0.4, 0.5) is 4.79 Å². The highest BCUT2D eigenvalue weighted by Gasteiger charge is 2.16. The van der Waals surface area contributed by atoms with Crippen LogP contribution in [0.2, 0.25) is 0 Å². The predicted molar refractivity (Wildman–Crippen MR) is 111 cm³/mol. The first-order chi connectivity index (χ1) is 14.4. The Morgan fingerprint density at radius 1 is 1.23 bits per heavy atom. The molecule has 1 aromatic carbocycles. The molecule has 0 saturated carbocycles. The van der Waals surface area contributed by atoms with Gasteiger partial charge >= 0.3 is 12.0 Å². The molecule has 0 unspecified atom stereocenters. The number of benzene rings is 1. The fourth-order valence-electron chi connectivity index (χ4n) is 3.16. The minimum absolute atomic E-state index is 0.0750. The van der Waals surface area contributed by atoms with Gasteiger partial charge in [-0.15, -0.1) is 6.58 Å². The maximum atomic E-state index is 12.0. The highest BCUT2D eigenvalue weighted by molar-refractivity contribution is 5.95. The van der Waals surface area contributed by atoms with E-state index in [1.807, 2.05) is 38.1 Å². The summed E-state index contributed by atoms with van der Waals surface area (Å²) in [5.74, 6) is -1.25. The van der Waals surface area contributed by atoms with Crippen molar-refractivity contribution in [1.29, 1.82) is 0 Å². The van der Waals surface area contributed by atoms with Crippen molar-refractivity contribution in [2.75, 3.05) is 13.2 Å². The van der Waals surface area contributed by atoms with Crippen LogP contribution in [0.15, 0.2) is 36.9 Å². The second-order valence-corrected chi connectivity index (χ2v) is 6.72. The Labute approximate surface area is 173 Å². The third kappa shape index (κ3) is 4.62. The standard InChI is InChI=1S/C21H23N5O4/c1-4-11-22-21(29)24-18(27)12-30-19(28)10-9-15-13(2)23-20-16-7-5-6-8-17(16)25-26(20)14(15)3/h4-8H,1,9-12H2,2-3H3,(H2,22,24,27,29). The number of carbonyl (C=O) groups is 3. The molecule has 0 spiro atoms. The molecular weight excluding hydrogens is 386 g/mol. The molecule has 30 heavy (non-hydrogen) atoms. The van der Waals surface area contributed by atoms with Crippen LogP contribution in [0, 0.1) is 13.8 Å². The molecule has 0 aliphatic carbocycles. The first kappa shape index (κ1) is 21.0. The Morgan fingerprint density at radius 3 is 2.77 bits per heavy atom. The van der Waals surface area contributed by atoms with E-state index < -0.39 is 24.5 Å². The number of esters is 1. The van der Waals surface area contributed by atoms with Gasteiger partial charge in [-0.25, -0.2) is 14.3 Å². The van der Waals surface area contributed by atoms with Crippen molar-refractivity contribution in [2.45, 2.75) is 26.7 Å². The Bertz CT molecular complexity index is 1140. The van der Waals surface area contributed by atoms with Gasteiger partial charge in [-0.1, -0.05) is 18.2 Å². The van der Waals surface area contributed by atoms with E-state index in [-0.39, 0.29) is 13.0 Å². The summed E-state index contributed by atoms with van der Waals surface area (Å²) in [5, 5.41) is 10.0. The monoisotopic (exact) mass is 409 g/mol.